The number of aliphatic hydroxyl groups is 1. The fourth-order valence-corrected chi connectivity index (χ4v) is 2.98. The quantitative estimate of drug-likeness (QED) is 0.628. The van der Waals surface area contributed by atoms with Gasteiger partial charge in [0.2, 0.25) is 5.78 Å². The van der Waals surface area contributed by atoms with Crippen LogP contribution in [0.25, 0.3) is 0 Å². The van der Waals surface area contributed by atoms with Crippen molar-refractivity contribution >= 4 is 11.8 Å². The normalized spacial score (nSPS) is 24.0. The summed E-state index contributed by atoms with van der Waals surface area (Å²) >= 11 is 0. The molecule has 3 rings (SSSR count). The number of benzene rings is 1. The molecule has 0 saturated heterocycles. The van der Waals surface area contributed by atoms with Gasteiger partial charge in [-0.05, 0) is 36.1 Å². The number of ketones is 1. The van der Waals surface area contributed by atoms with Crippen molar-refractivity contribution in [3.8, 4) is 23.7 Å². The summed E-state index contributed by atoms with van der Waals surface area (Å²) in [5.41, 5.74) is 0.369. The minimum atomic E-state index is -1.69. The first kappa shape index (κ1) is 19.6. The van der Waals surface area contributed by atoms with Gasteiger partial charge in [0.1, 0.15) is 6.10 Å². The highest BCUT2D eigenvalue weighted by Gasteiger charge is 2.40. The molecule has 1 N–H and O–H groups in total. The lowest BCUT2D eigenvalue weighted by Crippen LogP contribution is -2.43. The van der Waals surface area contributed by atoms with Gasteiger partial charge in [-0.1, -0.05) is 54.0 Å². The molecule has 2 aliphatic carbocycles. The Morgan fingerprint density at radius 2 is 1.93 bits per heavy atom. The van der Waals surface area contributed by atoms with Crippen molar-refractivity contribution in [3.63, 3.8) is 0 Å². The van der Waals surface area contributed by atoms with Gasteiger partial charge in [-0.3, -0.25) is 9.59 Å². The number of esters is 1. The van der Waals surface area contributed by atoms with Crippen LogP contribution in [0.3, 0.4) is 0 Å². The first-order valence-corrected chi connectivity index (χ1v) is 8.94. The molecule has 2 bridgehead atoms. The third-order valence-electron chi connectivity index (χ3n) is 4.55. The summed E-state index contributed by atoms with van der Waals surface area (Å²) < 4.78 is 10.6. The van der Waals surface area contributed by atoms with Gasteiger partial charge in [0, 0.05) is 5.57 Å². The molecule has 5 nitrogen and oxygen atoms in total. The molecule has 2 unspecified atom stereocenters. The maximum atomic E-state index is 12.7. The number of carbonyl (C=O) groups is 2. The Morgan fingerprint density at radius 3 is 2.68 bits per heavy atom. The zero-order chi connectivity index (χ0) is 20.0. The van der Waals surface area contributed by atoms with Crippen LogP contribution in [-0.2, 0) is 32.1 Å². The van der Waals surface area contributed by atoms with E-state index in [9.17, 15) is 14.7 Å². The van der Waals surface area contributed by atoms with Crippen molar-refractivity contribution in [3.05, 3.63) is 59.2 Å². The molecular weight excluding hydrogens is 356 g/mol. The highest BCUT2D eigenvalue weighted by Crippen LogP contribution is 2.28. The molecule has 5 heteroatoms. The SMILES string of the molecule is COC(=O)Cc1ccc(COC2C#C/C=C\C#CC3(O)CCC=C2C3=O)cc1. The number of hydrogen-bond donors (Lipinski definition) is 1. The molecule has 0 aromatic heterocycles. The van der Waals surface area contributed by atoms with E-state index in [1.54, 1.807) is 12.2 Å². The molecule has 1 aromatic rings. The first-order chi connectivity index (χ1) is 13.5. The second-order valence-electron chi connectivity index (χ2n) is 6.54. The number of allylic oxidation sites excluding steroid dienone is 3. The number of Topliss-reactive ketones (excluding diaryl/α,β-unsaturated/α-hetero) is 1. The first-order valence-electron chi connectivity index (χ1n) is 8.94. The van der Waals surface area contributed by atoms with Crippen molar-refractivity contribution in [2.24, 2.45) is 0 Å². The van der Waals surface area contributed by atoms with Crippen molar-refractivity contribution in [1.29, 1.82) is 0 Å². The third-order valence-corrected chi connectivity index (χ3v) is 4.55. The largest absolute Gasteiger partial charge is 0.469 e. The Kier molecular flexibility index (Phi) is 6.11. The van der Waals surface area contributed by atoms with Crippen LogP contribution in [0.15, 0.2) is 48.1 Å². The molecule has 0 aliphatic heterocycles. The van der Waals surface area contributed by atoms with Gasteiger partial charge in [0.05, 0.1) is 20.1 Å². The molecule has 0 amide bonds. The maximum absolute atomic E-state index is 12.7. The Bertz CT molecular complexity index is 947. The Morgan fingerprint density at radius 1 is 1.21 bits per heavy atom. The monoisotopic (exact) mass is 376 g/mol. The lowest BCUT2D eigenvalue weighted by atomic mass is 9.81. The molecule has 0 heterocycles. The van der Waals surface area contributed by atoms with Crippen LogP contribution in [0, 0.1) is 23.7 Å². The van der Waals surface area contributed by atoms with E-state index in [1.807, 2.05) is 24.3 Å². The van der Waals surface area contributed by atoms with E-state index in [2.05, 4.69) is 28.4 Å². The molecule has 142 valence electrons. The smallest absolute Gasteiger partial charge is 0.309 e. The van der Waals surface area contributed by atoms with Gasteiger partial charge in [-0.2, -0.15) is 0 Å². The molecule has 0 spiro atoms. The molecule has 0 saturated carbocycles. The van der Waals surface area contributed by atoms with Crippen molar-refractivity contribution in [1.82, 2.24) is 0 Å². The van der Waals surface area contributed by atoms with Crippen molar-refractivity contribution in [2.75, 3.05) is 7.11 Å². The molecule has 28 heavy (non-hydrogen) atoms. The van der Waals surface area contributed by atoms with Crippen LogP contribution in [0.1, 0.15) is 24.0 Å². The predicted octanol–water partition coefficient (Wildman–Crippen LogP) is 1.88. The summed E-state index contributed by atoms with van der Waals surface area (Å²) in [5.74, 6) is 10.3. The molecule has 0 radical (unpaired) electrons. The van der Waals surface area contributed by atoms with E-state index >= 15 is 0 Å². The lowest BCUT2D eigenvalue weighted by molar-refractivity contribution is -0.139. The highest BCUT2D eigenvalue weighted by molar-refractivity contribution is 6.06. The van der Waals surface area contributed by atoms with Gasteiger partial charge in [-0.25, -0.2) is 0 Å². The van der Waals surface area contributed by atoms with Crippen LogP contribution in [0.2, 0.25) is 0 Å². The van der Waals surface area contributed by atoms with Crippen molar-refractivity contribution < 1.29 is 24.2 Å². The molecule has 1 aromatic carbocycles. The minimum absolute atomic E-state index is 0.207. The van der Waals surface area contributed by atoms with E-state index in [-0.39, 0.29) is 25.4 Å². The Hall–Kier alpha value is -3.12. The summed E-state index contributed by atoms with van der Waals surface area (Å²) in [6.07, 6.45) is 5.09. The van der Waals surface area contributed by atoms with E-state index in [0.717, 1.165) is 11.1 Å². The van der Waals surface area contributed by atoms with E-state index in [1.165, 1.54) is 13.2 Å². The van der Waals surface area contributed by atoms with Crippen LogP contribution < -0.4 is 0 Å². The maximum Gasteiger partial charge on any atom is 0.309 e. The second-order valence-corrected chi connectivity index (χ2v) is 6.54. The lowest BCUT2D eigenvalue weighted by Gasteiger charge is -2.28. The average Bonchev–Trinajstić information content (AvgIpc) is 2.69. The topological polar surface area (TPSA) is 72.8 Å². The van der Waals surface area contributed by atoms with Gasteiger partial charge >= 0.3 is 5.97 Å². The molecule has 2 atom stereocenters. The van der Waals surface area contributed by atoms with E-state index < -0.39 is 17.5 Å². The van der Waals surface area contributed by atoms with Gasteiger partial charge in [0.25, 0.3) is 0 Å². The van der Waals surface area contributed by atoms with Crippen LogP contribution in [0.5, 0.6) is 0 Å². The predicted molar refractivity (Wildman–Crippen MR) is 103 cm³/mol. The van der Waals surface area contributed by atoms with Gasteiger partial charge in [0.15, 0.2) is 5.60 Å². The van der Waals surface area contributed by atoms with Crippen LogP contribution in [-0.4, -0.2) is 35.7 Å². The highest BCUT2D eigenvalue weighted by atomic mass is 16.5. The van der Waals surface area contributed by atoms with Crippen molar-refractivity contribution in [2.45, 2.75) is 37.6 Å². The number of hydrogen-bond acceptors (Lipinski definition) is 5. The van der Waals surface area contributed by atoms with E-state index in [0.29, 0.717) is 12.0 Å². The summed E-state index contributed by atoms with van der Waals surface area (Å²) in [4.78, 5) is 24.1. The minimum Gasteiger partial charge on any atom is -0.469 e. The fourth-order valence-electron chi connectivity index (χ4n) is 2.98. The molecular formula is C23H20O5. The summed E-state index contributed by atoms with van der Waals surface area (Å²) in [6.45, 7) is 0.232. The van der Waals surface area contributed by atoms with Gasteiger partial charge < -0.3 is 14.6 Å². The number of ether oxygens (including phenoxy) is 2. The fraction of sp³-hybridized carbons (Fsp3) is 0.304. The Balaban J connectivity index is 1.74. The standard InChI is InChI=1S/C23H20O5/c1-27-21(24)15-17-9-11-18(12-10-17)16-28-20-8-4-2-3-5-13-23(26)14-6-7-19(20)22(23)25/h2-3,7,9-12,20,26H,6,14-16H2,1H3/b3-2-. The Labute approximate surface area is 164 Å². The summed E-state index contributed by atoms with van der Waals surface area (Å²) in [5, 5.41) is 10.6. The number of rotatable bonds is 5. The summed E-state index contributed by atoms with van der Waals surface area (Å²) in [6, 6.07) is 7.36. The zero-order valence-corrected chi connectivity index (χ0v) is 15.5. The number of fused-ring (bicyclic) bond motifs is 2. The zero-order valence-electron chi connectivity index (χ0n) is 15.5. The second kappa shape index (κ2) is 8.71. The van der Waals surface area contributed by atoms with Crippen LogP contribution in [0.4, 0.5) is 0 Å². The average molecular weight is 376 g/mol. The summed E-state index contributed by atoms with van der Waals surface area (Å²) in [7, 11) is 1.36. The number of methoxy groups -OCH3 is 1. The van der Waals surface area contributed by atoms with E-state index in [4.69, 9.17) is 4.74 Å². The molecule has 0 fully saturated rings. The molecule has 2 aliphatic rings. The number of carbonyl (C=O) groups excluding carboxylic acids is 2. The van der Waals surface area contributed by atoms with Crippen LogP contribution >= 0.6 is 0 Å². The van der Waals surface area contributed by atoms with Gasteiger partial charge in [-0.15, -0.1) is 0 Å². The third kappa shape index (κ3) is 4.58.